The maximum atomic E-state index is 11.7. The van der Waals surface area contributed by atoms with Crippen LogP contribution in [0.15, 0.2) is 15.8 Å². The van der Waals surface area contributed by atoms with Crippen LogP contribution in [0.1, 0.15) is 11.8 Å². The average Bonchev–Trinajstić information content (AvgIpc) is 2.34. The van der Waals surface area contributed by atoms with E-state index in [1.807, 2.05) is 0 Å². The molecule has 0 aliphatic carbocycles. The number of H-pyrrole nitrogens is 1. The Morgan fingerprint density at radius 2 is 2.41 bits per heavy atom. The fourth-order valence-corrected chi connectivity index (χ4v) is 3.11. The molecule has 17 heavy (non-hydrogen) atoms. The molecule has 0 aromatic carbocycles. The molecule has 2 atom stereocenters. The van der Waals surface area contributed by atoms with Crippen LogP contribution >= 0.6 is 0 Å². The molecule has 1 aromatic heterocycles. The predicted molar refractivity (Wildman–Crippen MR) is 65.2 cm³/mol. The summed E-state index contributed by atoms with van der Waals surface area (Å²) in [7, 11) is -0.124. The predicted octanol–water partition coefficient (Wildman–Crippen LogP) is -1.06. The van der Waals surface area contributed by atoms with Crippen LogP contribution in [0, 0.1) is 6.92 Å². The third-order valence-electron chi connectivity index (χ3n) is 2.70. The largest absolute Gasteiger partial charge is 0.352 e. The van der Waals surface area contributed by atoms with E-state index in [9.17, 15) is 9.59 Å². The molecule has 0 radical (unpaired) electrons. The Balaban J connectivity index is 2.31. The summed E-state index contributed by atoms with van der Waals surface area (Å²) in [6.07, 6.45) is 1.12. The molecule has 1 saturated heterocycles. The minimum absolute atomic E-state index is 0.122. The Morgan fingerprint density at radius 3 is 3.12 bits per heavy atom. The van der Waals surface area contributed by atoms with Crippen LogP contribution in [0.2, 0.25) is 0 Å². The molecule has 2 rings (SSSR count). The molecule has 0 amide bonds. The van der Waals surface area contributed by atoms with Gasteiger partial charge in [-0.1, -0.05) is 0 Å². The number of aliphatic hydroxyl groups is 1. The molecule has 6 nitrogen and oxygen atoms in total. The Kier molecular flexibility index (Phi) is 3.70. The number of nitrogens with one attached hydrogen (secondary N) is 1. The number of aromatic amines is 1. The van der Waals surface area contributed by atoms with Crippen molar-refractivity contribution in [2.75, 3.05) is 24.1 Å². The van der Waals surface area contributed by atoms with E-state index in [1.54, 1.807) is 6.92 Å². The first-order valence-electron chi connectivity index (χ1n) is 5.30. The molecular weight excluding hydrogens is 244 g/mol. The molecular formula is C10H15N2O4S+. The lowest BCUT2D eigenvalue weighted by atomic mass is 10.4. The third-order valence-corrected chi connectivity index (χ3v) is 4.56. The molecule has 1 aliphatic heterocycles. The number of rotatable bonds is 2. The summed E-state index contributed by atoms with van der Waals surface area (Å²) < 4.78 is 6.90. The summed E-state index contributed by atoms with van der Waals surface area (Å²) in [5.74, 6) is 1.56. The van der Waals surface area contributed by atoms with Gasteiger partial charge in [0.05, 0.1) is 6.61 Å². The molecule has 1 fully saturated rings. The van der Waals surface area contributed by atoms with Gasteiger partial charge in [-0.3, -0.25) is 14.3 Å². The normalized spacial score (nSPS) is 24.8. The first-order chi connectivity index (χ1) is 8.11. The van der Waals surface area contributed by atoms with Crippen LogP contribution in [-0.2, 0) is 15.6 Å². The molecule has 94 valence electrons. The van der Waals surface area contributed by atoms with Crippen molar-refractivity contribution in [1.29, 1.82) is 0 Å². The summed E-state index contributed by atoms with van der Waals surface area (Å²) >= 11 is 0. The van der Waals surface area contributed by atoms with Crippen LogP contribution < -0.4 is 11.2 Å². The Bertz CT molecular complexity index is 510. The second kappa shape index (κ2) is 5.07. The highest BCUT2D eigenvalue weighted by Crippen LogP contribution is 2.16. The van der Waals surface area contributed by atoms with E-state index in [-0.39, 0.29) is 28.6 Å². The number of hydrogen-bond acceptors (Lipinski definition) is 4. The zero-order chi connectivity index (χ0) is 12.4. The van der Waals surface area contributed by atoms with Gasteiger partial charge in [-0.05, 0) is 6.92 Å². The summed E-state index contributed by atoms with van der Waals surface area (Å²) in [4.78, 5) is 25.2. The molecule has 1 aliphatic rings. The van der Waals surface area contributed by atoms with Crippen molar-refractivity contribution in [3.8, 4) is 0 Å². The van der Waals surface area contributed by atoms with E-state index in [0.717, 1.165) is 5.75 Å². The van der Waals surface area contributed by atoms with Gasteiger partial charge in [0, 0.05) is 22.7 Å². The highest BCUT2D eigenvalue weighted by Gasteiger charge is 2.31. The van der Waals surface area contributed by atoms with E-state index in [4.69, 9.17) is 9.84 Å². The standard InChI is InChI=1S/C10H14N2O4S/c1-7-4-12(10(15)11-9(7)14)8-5-17(6-13)3-2-16-8/h4,8,13H,2-3,5-6H2,1H3/p+1. The summed E-state index contributed by atoms with van der Waals surface area (Å²) in [5, 5.41) is 9.14. The quantitative estimate of drug-likeness (QED) is 0.663. The monoisotopic (exact) mass is 259 g/mol. The zero-order valence-electron chi connectivity index (χ0n) is 9.51. The van der Waals surface area contributed by atoms with Crippen molar-refractivity contribution in [3.63, 3.8) is 0 Å². The number of aryl methyl sites for hydroxylation is 1. The molecule has 0 saturated carbocycles. The van der Waals surface area contributed by atoms with Crippen LogP contribution in [0.3, 0.4) is 0 Å². The lowest BCUT2D eigenvalue weighted by molar-refractivity contribution is 0.0190. The topological polar surface area (TPSA) is 84.3 Å². The fraction of sp³-hybridized carbons (Fsp3) is 0.600. The van der Waals surface area contributed by atoms with Crippen LogP contribution in [-0.4, -0.2) is 38.7 Å². The Hall–Kier alpha value is -1.05. The molecule has 0 spiro atoms. The second-order valence-corrected chi connectivity index (χ2v) is 6.14. The number of aliphatic hydroxyl groups excluding tert-OH is 1. The van der Waals surface area contributed by atoms with Gasteiger partial charge in [-0.2, -0.15) is 0 Å². The zero-order valence-corrected chi connectivity index (χ0v) is 10.3. The van der Waals surface area contributed by atoms with E-state index >= 15 is 0 Å². The van der Waals surface area contributed by atoms with E-state index in [2.05, 4.69) is 4.98 Å². The number of aromatic nitrogens is 2. The minimum atomic E-state index is -0.464. The molecule has 2 heterocycles. The molecule has 2 N–H and O–H groups in total. The maximum absolute atomic E-state index is 11.7. The van der Waals surface area contributed by atoms with Crippen LogP contribution in [0.5, 0.6) is 0 Å². The van der Waals surface area contributed by atoms with Crippen molar-refractivity contribution >= 4 is 10.9 Å². The third kappa shape index (κ3) is 2.62. The highest BCUT2D eigenvalue weighted by molar-refractivity contribution is 7.96. The molecule has 2 unspecified atom stereocenters. The van der Waals surface area contributed by atoms with Crippen LogP contribution in [0.4, 0.5) is 0 Å². The second-order valence-electron chi connectivity index (χ2n) is 3.92. The fourth-order valence-electron chi connectivity index (χ4n) is 1.71. The van der Waals surface area contributed by atoms with Gasteiger partial charge < -0.3 is 9.84 Å². The maximum Gasteiger partial charge on any atom is 0.330 e. The van der Waals surface area contributed by atoms with Crippen molar-refractivity contribution in [2.24, 2.45) is 0 Å². The first-order valence-corrected chi connectivity index (χ1v) is 7.03. The van der Waals surface area contributed by atoms with Gasteiger partial charge in [0.15, 0.2) is 12.0 Å². The van der Waals surface area contributed by atoms with Crippen molar-refractivity contribution < 1.29 is 9.84 Å². The highest BCUT2D eigenvalue weighted by atomic mass is 32.2. The van der Waals surface area contributed by atoms with Gasteiger partial charge in [0.2, 0.25) is 5.94 Å². The van der Waals surface area contributed by atoms with Gasteiger partial charge in [-0.25, -0.2) is 4.79 Å². The number of hydrogen-bond donors (Lipinski definition) is 2. The molecule has 0 bridgehead atoms. The van der Waals surface area contributed by atoms with Gasteiger partial charge in [0.1, 0.15) is 5.75 Å². The summed E-state index contributed by atoms with van der Waals surface area (Å²) in [5.41, 5.74) is -0.361. The Labute approximate surface area is 101 Å². The smallest absolute Gasteiger partial charge is 0.330 e. The minimum Gasteiger partial charge on any atom is -0.352 e. The first kappa shape index (κ1) is 12.4. The van der Waals surface area contributed by atoms with Crippen molar-refractivity contribution in [3.05, 3.63) is 32.6 Å². The van der Waals surface area contributed by atoms with Crippen molar-refractivity contribution in [2.45, 2.75) is 13.2 Å². The lowest BCUT2D eigenvalue weighted by Gasteiger charge is -2.23. The lowest BCUT2D eigenvalue weighted by Crippen LogP contribution is -2.41. The average molecular weight is 259 g/mol. The SMILES string of the molecule is Cc1cn(C2C[S+](CO)CCO2)c(=O)[nH]c1=O. The van der Waals surface area contributed by atoms with E-state index in [0.29, 0.717) is 17.9 Å². The number of nitrogens with zero attached hydrogens (tertiary/aromatic N) is 1. The Morgan fingerprint density at radius 1 is 1.65 bits per heavy atom. The van der Waals surface area contributed by atoms with Crippen LogP contribution in [0.25, 0.3) is 0 Å². The van der Waals surface area contributed by atoms with Gasteiger partial charge in [0.25, 0.3) is 5.56 Å². The van der Waals surface area contributed by atoms with Gasteiger partial charge in [-0.15, -0.1) is 0 Å². The van der Waals surface area contributed by atoms with E-state index < -0.39 is 5.69 Å². The number of ether oxygens (including phenoxy) is 1. The molecule has 7 heteroatoms. The van der Waals surface area contributed by atoms with Gasteiger partial charge >= 0.3 is 5.69 Å². The summed E-state index contributed by atoms with van der Waals surface area (Å²) in [6.45, 7) is 2.17. The van der Waals surface area contributed by atoms with E-state index in [1.165, 1.54) is 10.8 Å². The molecule has 1 aromatic rings. The summed E-state index contributed by atoms with van der Waals surface area (Å²) in [6, 6.07) is 0. The van der Waals surface area contributed by atoms with Crippen molar-refractivity contribution in [1.82, 2.24) is 9.55 Å².